The summed E-state index contributed by atoms with van der Waals surface area (Å²) in [5, 5.41) is 4.16. The van der Waals surface area contributed by atoms with Gasteiger partial charge in [0.25, 0.3) is 6.43 Å². The van der Waals surface area contributed by atoms with E-state index in [1.165, 1.54) is 0 Å². The van der Waals surface area contributed by atoms with Crippen molar-refractivity contribution in [3.8, 4) is 0 Å². The van der Waals surface area contributed by atoms with Crippen molar-refractivity contribution >= 4 is 11.6 Å². The van der Waals surface area contributed by atoms with Gasteiger partial charge >= 0.3 is 0 Å². The van der Waals surface area contributed by atoms with Crippen molar-refractivity contribution in [2.75, 3.05) is 26.7 Å². The SMILES string of the molecule is CCCNC(CCN(C)CC(F)F)c1ccccc1Cl. The third-order valence-electron chi connectivity index (χ3n) is 3.17. The highest BCUT2D eigenvalue weighted by Crippen LogP contribution is 2.25. The molecule has 0 fully saturated rings. The Kier molecular flexibility index (Phi) is 8.04. The van der Waals surface area contributed by atoms with Crippen molar-refractivity contribution in [3.63, 3.8) is 0 Å². The van der Waals surface area contributed by atoms with Crippen molar-refractivity contribution in [3.05, 3.63) is 34.9 Å². The van der Waals surface area contributed by atoms with Crippen LogP contribution in [-0.4, -0.2) is 38.0 Å². The summed E-state index contributed by atoms with van der Waals surface area (Å²) in [5.41, 5.74) is 1.04. The highest BCUT2D eigenvalue weighted by atomic mass is 35.5. The lowest BCUT2D eigenvalue weighted by Crippen LogP contribution is -2.30. The molecule has 1 rings (SSSR count). The number of nitrogens with zero attached hydrogens (tertiary/aromatic N) is 1. The second kappa shape index (κ2) is 9.27. The van der Waals surface area contributed by atoms with Gasteiger partial charge in [0.15, 0.2) is 0 Å². The predicted molar refractivity (Wildman–Crippen MR) is 80.6 cm³/mol. The lowest BCUT2D eigenvalue weighted by molar-refractivity contribution is 0.0984. The molecule has 2 nitrogen and oxygen atoms in total. The average molecular weight is 305 g/mol. The lowest BCUT2D eigenvalue weighted by Gasteiger charge is -2.23. The molecule has 0 saturated heterocycles. The topological polar surface area (TPSA) is 15.3 Å². The summed E-state index contributed by atoms with van der Waals surface area (Å²) >= 11 is 6.22. The van der Waals surface area contributed by atoms with E-state index in [9.17, 15) is 8.78 Å². The van der Waals surface area contributed by atoms with E-state index < -0.39 is 6.43 Å². The molecule has 0 aliphatic carbocycles. The van der Waals surface area contributed by atoms with E-state index in [0.717, 1.165) is 30.0 Å². The van der Waals surface area contributed by atoms with Crippen LogP contribution in [0.2, 0.25) is 5.02 Å². The van der Waals surface area contributed by atoms with Crippen molar-refractivity contribution in [1.29, 1.82) is 0 Å². The Morgan fingerprint density at radius 1 is 1.30 bits per heavy atom. The van der Waals surface area contributed by atoms with Gasteiger partial charge < -0.3 is 10.2 Å². The molecule has 0 spiro atoms. The Morgan fingerprint density at radius 2 is 2.00 bits per heavy atom. The summed E-state index contributed by atoms with van der Waals surface area (Å²) < 4.78 is 24.6. The molecule has 0 radical (unpaired) electrons. The number of hydrogen-bond acceptors (Lipinski definition) is 2. The van der Waals surface area contributed by atoms with Crippen LogP contribution in [0.4, 0.5) is 8.78 Å². The average Bonchev–Trinajstić information content (AvgIpc) is 2.39. The maximum Gasteiger partial charge on any atom is 0.251 e. The first-order valence-corrected chi connectivity index (χ1v) is 7.36. The molecular weight excluding hydrogens is 282 g/mol. The predicted octanol–water partition coefficient (Wildman–Crippen LogP) is 3.97. The standard InChI is InChI=1S/C15H23ClF2N2/c1-3-9-19-14(8-10-20(2)11-15(17)18)12-6-4-5-7-13(12)16/h4-7,14-15,19H,3,8-11H2,1-2H3. The summed E-state index contributed by atoms with van der Waals surface area (Å²) in [5.74, 6) is 0. The molecule has 1 aromatic carbocycles. The normalized spacial score (nSPS) is 13.2. The zero-order valence-corrected chi connectivity index (χ0v) is 12.8. The smallest absolute Gasteiger partial charge is 0.251 e. The van der Waals surface area contributed by atoms with Gasteiger partial charge in [-0.25, -0.2) is 8.78 Å². The van der Waals surface area contributed by atoms with Crippen LogP contribution in [0.1, 0.15) is 31.4 Å². The number of rotatable bonds is 9. The fraction of sp³-hybridized carbons (Fsp3) is 0.600. The van der Waals surface area contributed by atoms with Crippen molar-refractivity contribution in [2.45, 2.75) is 32.2 Å². The van der Waals surface area contributed by atoms with Crippen molar-refractivity contribution < 1.29 is 8.78 Å². The van der Waals surface area contributed by atoms with E-state index in [4.69, 9.17) is 11.6 Å². The molecule has 5 heteroatoms. The van der Waals surface area contributed by atoms with E-state index in [1.54, 1.807) is 11.9 Å². The Bertz CT molecular complexity index is 388. The Hall–Kier alpha value is -0.710. The van der Waals surface area contributed by atoms with Crippen LogP contribution in [0.15, 0.2) is 24.3 Å². The maximum absolute atomic E-state index is 12.3. The molecule has 20 heavy (non-hydrogen) atoms. The van der Waals surface area contributed by atoms with Crippen LogP contribution in [0.25, 0.3) is 0 Å². The molecule has 0 bridgehead atoms. The molecule has 1 aromatic rings. The third kappa shape index (κ3) is 6.16. The Labute approximate surface area is 125 Å². The molecule has 1 atom stereocenters. The first-order chi connectivity index (χ1) is 9.54. The molecule has 0 heterocycles. The second-order valence-electron chi connectivity index (χ2n) is 4.97. The monoisotopic (exact) mass is 304 g/mol. The fourth-order valence-corrected chi connectivity index (χ4v) is 2.39. The molecular formula is C15H23ClF2N2. The van der Waals surface area contributed by atoms with Crippen molar-refractivity contribution in [1.82, 2.24) is 10.2 Å². The van der Waals surface area contributed by atoms with E-state index in [0.29, 0.717) is 6.54 Å². The quantitative estimate of drug-likeness (QED) is 0.742. The second-order valence-corrected chi connectivity index (χ2v) is 5.38. The Balaban J connectivity index is 2.63. The first kappa shape index (κ1) is 17.3. The largest absolute Gasteiger partial charge is 0.310 e. The van der Waals surface area contributed by atoms with Gasteiger partial charge in [0, 0.05) is 11.1 Å². The number of hydrogen-bond donors (Lipinski definition) is 1. The van der Waals surface area contributed by atoms with E-state index in [2.05, 4.69) is 12.2 Å². The summed E-state index contributed by atoms with van der Waals surface area (Å²) in [6.45, 7) is 3.40. The number of alkyl halides is 2. The first-order valence-electron chi connectivity index (χ1n) is 6.99. The van der Waals surface area contributed by atoms with E-state index in [1.807, 2.05) is 24.3 Å². The highest BCUT2D eigenvalue weighted by Gasteiger charge is 2.15. The molecule has 0 aliphatic rings. The Morgan fingerprint density at radius 3 is 2.60 bits per heavy atom. The highest BCUT2D eigenvalue weighted by molar-refractivity contribution is 6.31. The number of nitrogens with one attached hydrogen (secondary N) is 1. The minimum Gasteiger partial charge on any atom is -0.310 e. The lowest BCUT2D eigenvalue weighted by atomic mass is 10.0. The van der Waals surface area contributed by atoms with Crippen LogP contribution in [0.5, 0.6) is 0 Å². The van der Waals surface area contributed by atoms with Gasteiger partial charge in [-0.3, -0.25) is 0 Å². The minimum absolute atomic E-state index is 0.101. The van der Waals surface area contributed by atoms with E-state index >= 15 is 0 Å². The van der Waals surface area contributed by atoms with Crippen LogP contribution in [0, 0.1) is 0 Å². The van der Waals surface area contributed by atoms with Gasteiger partial charge in [-0.1, -0.05) is 36.7 Å². The zero-order chi connectivity index (χ0) is 15.0. The summed E-state index contributed by atoms with van der Waals surface area (Å²) in [6, 6.07) is 7.79. The van der Waals surface area contributed by atoms with Crippen LogP contribution >= 0.6 is 11.6 Å². The molecule has 0 aromatic heterocycles. The fourth-order valence-electron chi connectivity index (χ4n) is 2.12. The van der Waals surface area contributed by atoms with Gasteiger partial charge in [-0.05, 0) is 44.6 Å². The van der Waals surface area contributed by atoms with Crippen LogP contribution in [-0.2, 0) is 0 Å². The molecule has 114 valence electrons. The number of benzene rings is 1. The molecule has 0 saturated carbocycles. The van der Waals surface area contributed by atoms with Crippen molar-refractivity contribution in [2.24, 2.45) is 0 Å². The molecule has 0 amide bonds. The van der Waals surface area contributed by atoms with Gasteiger partial charge in [0.2, 0.25) is 0 Å². The minimum atomic E-state index is -2.29. The van der Waals surface area contributed by atoms with Gasteiger partial charge in [0.05, 0.1) is 6.54 Å². The molecule has 1 unspecified atom stereocenters. The summed E-state index contributed by atoms with van der Waals surface area (Å²) in [6.07, 6.45) is -0.511. The third-order valence-corrected chi connectivity index (χ3v) is 3.51. The van der Waals surface area contributed by atoms with E-state index in [-0.39, 0.29) is 12.6 Å². The molecule has 0 aliphatic heterocycles. The van der Waals surface area contributed by atoms with Gasteiger partial charge in [-0.15, -0.1) is 0 Å². The summed E-state index contributed by atoms with van der Waals surface area (Å²) in [4.78, 5) is 1.65. The van der Waals surface area contributed by atoms with Crippen LogP contribution < -0.4 is 5.32 Å². The summed E-state index contributed by atoms with van der Waals surface area (Å²) in [7, 11) is 1.72. The van der Waals surface area contributed by atoms with Crippen LogP contribution in [0.3, 0.4) is 0 Å². The molecule has 1 N–H and O–H groups in total. The number of halogens is 3. The maximum atomic E-state index is 12.3. The zero-order valence-electron chi connectivity index (χ0n) is 12.1. The van der Waals surface area contributed by atoms with Gasteiger partial charge in [-0.2, -0.15) is 0 Å². The van der Waals surface area contributed by atoms with Gasteiger partial charge in [0.1, 0.15) is 0 Å².